The lowest BCUT2D eigenvalue weighted by molar-refractivity contribution is -0.148. The van der Waals surface area contributed by atoms with Crippen molar-refractivity contribution in [3.8, 4) is 0 Å². The van der Waals surface area contributed by atoms with Gasteiger partial charge in [0.1, 0.15) is 5.54 Å². The molecule has 110 valence electrons. The molecule has 1 saturated heterocycles. The molecule has 0 aromatic carbocycles. The summed E-state index contributed by atoms with van der Waals surface area (Å²) in [5, 5.41) is 12.2. The van der Waals surface area contributed by atoms with E-state index in [9.17, 15) is 14.7 Å². The summed E-state index contributed by atoms with van der Waals surface area (Å²) in [5.74, 6) is -0.0731. The Labute approximate surface area is 130 Å². The Bertz CT molecular complexity index is 511. The second-order valence-corrected chi connectivity index (χ2v) is 7.82. The number of nitrogens with one attached hydrogen (secondary N) is 1. The number of thioether (sulfide) groups is 1. The van der Waals surface area contributed by atoms with Gasteiger partial charge in [0.2, 0.25) is 5.91 Å². The fourth-order valence-corrected chi connectivity index (χ4v) is 4.45. The molecule has 1 atom stereocenters. The zero-order chi connectivity index (χ0) is 14.8. The van der Waals surface area contributed by atoms with Crippen LogP contribution in [0.5, 0.6) is 0 Å². The largest absolute Gasteiger partial charge is 0.480 e. The molecule has 4 nitrogen and oxygen atoms in total. The zero-order valence-corrected chi connectivity index (χ0v) is 13.4. The van der Waals surface area contributed by atoms with E-state index in [0.717, 1.165) is 16.4 Å². The molecule has 20 heavy (non-hydrogen) atoms. The molecular weight excluding hydrogens is 318 g/mol. The van der Waals surface area contributed by atoms with E-state index in [2.05, 4.69) is 5.32 Å². The average molecular weight is 334 g/mol. The van der Waals surface area contributed by atoms with Crippen molar-refractivity contribution >= 4 is 46.6 Å². The molecule has 1 aromatic heterocycles. The van der Waals surface area contributed by atoms with Crippen LogP contribution in [-0.2, 0) is 9.59 Å². The van der Waals surface area contributed by atoms with Crippen molar-refractivity contribution in [2.24, 2.45) is 0 Å². The van der Waals surface area contributed by atoms with Crippen molar-refractivity contribution in [3.63, 3.8) is 0 Å². The van der Waals surface area contributed by atoms with Crippen molar-refractivity contribution in [1.29, 1.82) is 0 Å². The summed E-state index contributed by atoms with van der Waals surface area (Å²) in [7, 11) is 0. The Morgan fingerprint density at radius 2 is 2.05 bits per heavy atom. The number of hydrogen-bond donors (Lipinski definition) is 2. The summed E-state index contributed by atoms with van der Waals surface area (Å²) in [4.78, 5) is 24.7. The Hall–Kier alpha value is -0.720. The van der Waals surface area contributed by atoms with Crippen LogP contribution in [0, 0.1) is 0 Å². The third kappa shape index (κ3) is 3.30. The minimum atomic E-state index is -1.11. The molecule has 0 bridgehead atoms. The molecule has 1 aromatic rings. The van der Waals surface area contributed by atoms with Gasteiger partial charge in [0.25, 0.3) is 0 Å². The van der Waals surface area contributed by atoms with Crippen LogP contribution in [0.3, 0.4) is 0 Å². The number of carbonyl (C=O) groups excluding carboxylic acids is 1. The lowest BCUT2D eigenvalue weighted by Gasteiger charge is -2.34. The molecule has 0 spiro atoms. The number of carboxylic acid groups (broad SMARTS) is 1. The third-order valence-electron chi connectivity index (χ3n) is 3.53. The molecule has 1 fully saturated rings. The van der Waals surface area contributed by atoms with Crippen LogP contribution < -0.4 is 5.32 Å². The molecule has 0 radical (unpaired) electrons. The van der Waals surface area contributed by atoms with E-state index in [4.69, 9.17) is 11.6 Å². The van der Waals surface area contributed by atoms with Gasteiger partial charge in [-0.25, -0.2) is 4.79 Å². The first-order chi connectivity index (χ1) is 9.44. The smallest absolute Gasteiger partial charge is 0.329 e. The van der Waals surface area contributed by atoms with Gasteiger partial charge in [0.15, 0.2) is 0 Å². The number of aliphatic carboxylic acids is 1. The van der Waals surface area contributed by atoms with Crippen LogP contribution in [0.1, 0.15) is 30.6 Å². The highest BCUT2D eigenvalue weighted by atomic mass is 35.5. The normalized spacial score (nSPS) is 19.3. The SMILES string of the molecule is CC(C(=O)NC1(C(=O)O)CCSCC1)c1ccc(Cl)s1. The van der Waals surface area contributed by atoms with Crippen molar-refractivity contribution < 1.29 is 14.7 Å². The van der Waals surface area contributed by atoms with Crippen LogP contribution in [-0.4, -0.2) is 34.0 Å². The molecule has 1 amide bonds. The number of rotatable bonds is 4. The highest BCUT2D eigenvalue weighted by Gasteiger charge is 2.42. The summed E-state index contributed by atoms with van der Waals surface area (Å²) in [6.07, 6.45) is 0.938. The van der Waals surface area contributed by atoms with E-state index in [1.165, 1.54) is 11.3 Å². The lowest BCUT2D eigenvalue weighted by Crippen LogP contribution is -2.57. The molecule has 1 aliphatic rings. The van der Waals surface area contributed by atoms with E-state index in [0.29, 0.717) is 17.2 Å². The van der Waals surface area contributed by atoms with Crippen LogP contribution in [0.4, 0.5) is 0 Å². The van der Waals surface area contributed by atoms with Crippen LogP contribution >= 0.6 is 34.7 Å². The first kappa shape index (κ1) is 15.7. The van der Waals surface area contributed by atoms with Gasteiger partial charge in [-0.1, -0.05) is 11.6 Å². The Morgan fingerprint density at radius 1 is 1.40 bits per heavy atom. The van der Waals surface area contributed by atoms with Crippen LogP contribution in [0.15, 0.2) is 12.1 Å². The maximum absolute atomic E-state index is 12.3. The van der Waals surface area contributed by atoms with E-state index >= 15 is 0 Å². The number of amides is 1. The standard InChI is InChI=1S/C13H16ClNO3S2/c1-8(9-2-3-10(14)20-9)11(16)15-13(12(17)18)4-6-19-7-5-13/h2-3,8H,4-7H2,1H3,(H,15,16)(H,17,18). The predicted octanol–water partition coefficient (Wildman–Crippen LogP) is 2.97. The van der Waals surface area contributed by atoms with Gasteiger partial charge < -0.3 is 10.4 Å². The van der Waals surface area contributed by atoms with Gasteiger partial charge in [-0.15, -0.1) is 11.3 Å². The Balaban J connectivity index is 2.10. The van der Waals surface area contributed by atoms with Gasteiger partial charge in [-0.2, -0.15) is 11.8 Å². The first-order valence-corrected chi connectivity index (χ1v) is 8.68. The summed E-state index contributed by atoms with van der Waals surface area (Å²) < 4.78 is 0.627. The molecule has 2 heterocycles. The number of carboxylic acids is 1. The highest BCUT2D eigenvalue weighted by molar-refractivity contribution is 7.99. The summed E-state index contributed by atoms with van der Waals surface area (Å²) >= 11 is 8.94. The molecule has 0 aliphatic carbocycles. The Morgan fingerprint density at radius 3 is 2.55 bits per heavy atom. The van der Waals surface area contributed by atoms with Gasteiger partial charge in [0.05, 0.1) is 10.3 Å². The minimum Gasteiger partial charge on any atom is -0.480 e. The number of carbonyl (C=O) groups is 2. The summed E-state index contributed by atoms with van der Waals surface area (Å²) in [6.45, 7) is 1.77. The van der Waals surface area contributed by atoms with Gasteiger partial charge >= 0.3 is 5.97 Å². The van der Waals surface area contributed by atoms with Crippen molar-refractivity contribution in [2.75, 3.05) is 11.5 Å². The highest BCUT2D eigenvalue weighted by Crippen LogP contribution is 2.31. The van der Waals surface area contributed by atoms with Gasteiger partial charge in [-0.05, 0) is 43.4 Å². The molecule has 1 unspecified atom stereocenters. The fraction of sp³-hybridized carbons (Fsp3) is 0.538. The average Bonchev–Trinajstić information content (AvgIpc) is 2.85. The molecule has 7 heteroatoms. The summed E-state index contributed by atoms with van der Waals surface area (Å²) in [6, 6.07) is 3.55. The van der Waals surface area contributed by atoms with E-state index in [1.807, 2.05) is 0 Å². The maximum atomic E-state index is 12.3. The predicted molar refractivity (Wildman–Crippen MR) is 82.8 cm³/mol. The molecule has 1 aliphatic heterocycles. The lowest BCUT2D eigenvalue weighted by atomic mass is 9.91. The van der Waals surface area contributed by atoms with Crippen LogP contribution in [0.2, 0.25) is 4.34 Å². The molecular formula is C13H16ClNO3S2. The van der Waals surface area contributed by atoms with E-state index in [1.54, 1.807) is 30.8 Å². The number of thiophene rings is 1. The quantitative estimate of drug-likeness (QED) is 0.889. The fourth-order valence-electron chi connectivity index (χ4n) is 2.15. The second-order valence-electron chi connectivity index (χ2n) is 4.85. The van der Waals surface area contributed by atoms with E-state index in [-0.39, 0.29) is 5.91 Å². The molecule has 2 rings (SSSR count). The van der Waals surface area contributed by atoms with Crippen LogP contribution in [0.25, 0.3) is 0 Å². The minimum absolute atomic E-state index is 0.252. The first-order valence-electron chi connectivity index (χ1n) is 6.33. The Kier molecular flexibility index (Phi) is 4.99. The van der Waals surface area contributed by atoms with Crippen molar-refractivity contribution in [2.45, 2.75) is 31.2 Å². The third-order valence-corrected chi connectivity index (χ3v) is 5.93. The zero-order valence-electron chi connectivity index (χ0n) is 11.0. The van der Waals surface area contributed by atoms with E-state index < -0.39 is 17.4 Å². The molecule has 0 saturated carbocycles. The van der Waals surface area contributed by atoms with Gasteiger partial charge in [-0.3, -0.25) is 4.79 Å². The maximum Gasteiger partial charge on any atom is 0.329 e. The monoisotopic (exact) mass is 333 g/mol. The second kappa shape index (κ2) is 6.37. The van der Waals surface area contributed by atoms with Crippen molar-refractivity contribution in [3.05, 3.63) is 21.3 Å². The topological polar surface area (TPSA) is 66.4 Å². The van der Waals surface area contributed by atoms with Gasteiger partial charge in [0, 0.05) is 4.88 Å². The number of hydrogen-bond acceptors (Lipinski definition) is 4. The number of halogens is 1. The molecule has 2 N–H and O–H groups in total. The summed E-state index contributed by atoms with van der Waals surface area (Å²) in [5.41, 5.74) is -1.11. The van der Waals surface area contributed by atoms with Crippen molar-refractivity contribution in [1.82, 2.24) is 5.32 Å².